The SMILES string of the molecule is COc1ccc(C(=O)Nc2ccc(S(=O)(=O)N3CCSCC3C(C)(C)C)cc2)cc1I. The summed E-state index contributed by atoms with van der Waals surface area (Å²) in [5.74, 6) is 2.02. The average Bonchev–Trinajstić information content (AvgIpc) is 2.73. The van der Waals surface area contributed by atoms with Crippen LogP contribution in [0.3, 0.4) is 0 Å². The topological polar surface area (TPSA) is 75.7 Å². The molecular formula is C22H27IN2O4S2. The summed E-state index contributed by atoms with van der Waals surface area (Å²) in [7, 11) is -2.03. The van der Waals surface area contributed by atoms with Crippen LogP contribution in [0.25, 0.3) is 0 Å². The van der Waals surface area contributed by atoms with Gasteiger partial charge in [0.1, 0.15) is 5.75 Å². The van der Waals surface area contributed by atoms with Gasteiger partial charge in [-0.15, -0.1) is 0 Å². The van der Waals surface area contributed by atoms with Crippen LogP contribution in [0, 0.1) is 8.99 Å². The molecule has 1 saturated heterocycles. The molecule has 9 heteroatoms. The van der Waals surface area contributed by atoms with E-state index in [-0.39, 0.29) is 22.3 Å². The summed E-state index contributed by atoms with van der Waals surface area (Å²) in [5.41, 5.74) is 0.890. The van der Waals surface area contributed by atoms with Gasteiger partial charge in [0.05, 0.1) is 15.6 Å². The number of hydrogen-bond donors (Lipinski definition) is 1. The summed E-state index contributed by atoms with van der Waals surface area (Å²) in [6.45, 7) is 6.73. The third-order valence-corrected chi connectivity index (χ3v) is 9.00. The highest BCUT2D eigenvalue weighted by Gasteiger charge is 2.39. The first-order chi connectivity index (χ1) is 14.5. The predicted molar refractivity (Wildman–Crippen MR) is 135 cm³/mol. The summed E-state index contributed by atoms with van der Waals surface area (Å²) in [5, 5.41) is 2.82. The number of hydrogen-bond acceptors (Lipinski definition) is 5. The lowest BCUT2D eigenvalue weighted by Gasteiger charge is -2.42. The van der Waals surface area contributed by atoms with Crippen LogP contribution in [0.1, 0.15) is 31.1 Å². The van der Waals surface area contributed by atoms with Crippen LogP contribution in [0.4, 0.5) is 5.69 Å². The molecule has 1 N–H and O–H groups in total. The lowest BCUT2D eigenvalue weighted by atomic mass is 9.88. The Kier molecular flexibility index (Phi) is 7.60. The molecule has 0 saturated carbocycles. The Morgan fingerprint density at radius 1 is 1.19 bits per heavy atom. The molecule has 0 aromatic heterocycles. The summed E-state index contributed by atoms with van der Waals surface area (Å²) < 4.78 is 34.3. The van der Waals surface area contributed by atoms with Gasteiger partial charge in [0.2, 0.25) is 10.0 Å². The van der Waals surface area contributed by atoms with E-state index in [0.717, 1.165) is 15.1 Å². The first-order valence-corrected chi connectivity index (χ1v) is 13.6. The van der Waals surface area contributed by atoms with Crippen LogP contribution < -0.4 is 10.1 Å². The maximum absolute atomic E-state index is 13.3. The van der Waals surface area contributed by atoms with Gasteiger partial charge in [0.15, 0.2) is 0 Å². The van der Waals surface area contributed by atoms with Crippen molar-refractivity contribution >= 4 is 56.0 Å². The number of rotatable bonds is 5. The van der Waals surface area contributed by atoms with Gasteiger partial charge in [-0.3, -0.25) is 4.79 Å². The van der Waals surface area contributed by atoms with E-state index in [1.165, 1.54) is 0 Å². The second kappa shape index (κ2) is 9.68. The zero-order valence-corrected chi connectivity index (χ0v) is 21.8. The summed E-state index contributed by atoms with van der Waals surface area (Å²) in [6, 6.07) is 11.5. The van der Waals surface area contributed by atoms with Gasteiger partial charge in [0, 0.05) is 35.3 Å². The largest absolute Gasteiger partial charge is 0.496 e. The van der Waals surface area contributed by atoms with Crippen molar-refractivity contribution in [1.29, 1.82) is 0 Å². The zero-order valence-electron chi connectivity index (χ0n) is 18.0. The molecule has 1 amide bonds. The minimum absolute atomic E-state index is 0.0619. The number of nitrogens with one attached hydrogen (secondary N) is 1. The second-order valence-electron chi connectivity index (χ2n) is 8.40. The molecule has 3 rings (SSSR count). The quantitative estimate of drug-likeness (QED) is 0.524. The van der Waals surface area contributed by atoms with Crippen molar-refractivity contribution in [2.24, 2.45) is 5.41 Å². The van der Waals surface area contributed by atoms with Gasteiger partial charge in [-0.25, -0.2) is 8.42 Å². The summed E-state index contributed by atoms with van der Waals surface area (Å²) in [4.78, 5) is 12.8. The number of amides is 1. The standard InChI is InChI=1S/C22H27IN2O4S2/c1-22(2,3)20-14-30-12-11-25(20)31(27,28)17-8-6-16(7-9-17)24-21(26)15-5-10-19(29-4)18(23)13-15/h5-10,13,20H,11-12,14H2,1-4H3,(H,24,26). The fourth-order valence-corrected chi connectivity index (χ4v) is 7.56. The van der Waals surface area contributed by atoms with Crippen LogP contribution in [0.5, 0.6) is 5.75 Å². The Morgan fingerprint density at radius 2 is 1.87 bits per heavy atom. The molecule has 1 heterocycles. The molecule has 2 aromatic carbocycles. The van der Waals surface area contributed by atoms with Crippen LogP contribution in [-0.2, 0) is 10.0 Å². The summed E-state index contributed by atoms with van der Waals surface area (Å²) in [6.07, 6.45) is 0. The summed E-state index contributed by atoms with van der Waals surface area (Å²) >= 11 is 3.91. The molecule has 0 aliphatic carbocycles. The number of benzene rings is 2. The average molecular weight is 575 g/mol. The van der Waals surface area contributed by atoms with Crippen molar-refractivity contribution in [3.05, 3.63) is 51.6 Å². The highest BCUT2D eigenvalue weighted by Crippen LogP contribution is 2.34. The van der Waals surface area contributed by atoms with Crippen molar-refractivity contribution in [2.75, 3.05) is 30.5 Å². The Labute approximate surface area is 202 Å². The Morgan fingerprint density at radius 3 is 2.45 bits per heavy atom. The molecule has 1 aliphatic heterocycles. The molecule has 1 fully saturated rings. The number of methoxy groups -OCH3 is 1. The fraction of sp³-hybridized carbons (Fsp3) is 0.409. The van der Waals surface area contributed by atoms with E-state index >= 15 is 0 Å². The molecule has 31 heavy (non-hydrogen) atoms. The minimum atomic E-state index is -3.61. The number of thioether (sulfide) groups is 1. The number of carbonyl (C=O) groups excluding carboxylic acids is 1. The first-order valence-electron chi connectivity index (χ1n) is 9.88. The monoisotopic (exact) mass is 574 g/mol. The van der Waals surface area contributed by atoms with Gasteiger partial charge in [0.25, 0.3) is 5.91 Å². The van der Waals surface area contributed by atoms with Crippen molar-refractivity contribution in [1.82, 2.24) is 4.31 Å². The van der Waals surface area contributed by atoms with Crippen LogP contribution in [0.2, 0.25) is 0 Å². The minimum Gasteiger partial charge on any atom is -0.496 e. The van der Waals surface area contributed by atoms with Gasteiger partial charge in [-0.1, -0.05) is 20.8 Å². The van der Waals surface area contributed by atoms with Crippen molar-refractivity contribution in [2.45, 2.75) is 31.7 Å². The Hall–Kier alpha value is -1.30. The first kappa shape index (κ1) is 24.3. The predicted octanol–water partition coefficient (Wildman–Crippen LogP) is 4.70. The third-order valence-electron chi connectivity index (χ3n) is 5.21. The molecule has 0 spiro atoms. The van der Waals surface area contributed by atoms with E-state index in [4.69, 9.17) is 4.74 Å². The van der Waals surface area contributed by atoms with E-state index in [1.807, 2.05) is 0 Å². The van der Waals surface area contributed by atoms with Crippen LogP contribution in [-0.4, -0.2) is 49.8 Å². The maximum Gasteiger partial charge on any atom is 0.255 e. The van der Waals surface area contributed by atoms with Crippen LogP contribution >= 0.6 is 34.4 Å². The normalized spacial score (nSPS) is 17.9. The maximum atomic E-state index is 13.3. The van der Waals surface area contributed by atoms with Gasteiger partial charge in [-0.2, -0.15) is 16.1 Å². The number of nitrogens with zero attached hydrogens (tertiary/aromatic N) is 1. The smallest absolute Gasteiger partial charge is 0.255 e. The highest BCUT2D eigenvalue weighted by atomic mass is 127. The zero-order chi connectivity index (χ0) is 22.8. The molecule has 1 unspecified atom stereocenters. The van der Waals surface area contributed by atoms with Gasteiger partial charge >= 0.3 is 0 Å². The van der Waals surface area contributed by atoms with Crippen LogP contribution in [0.15, 0.2) is 47.4 Å². The molecule has 168 valence electrons. The molecule has 0 bridgehead atoms. The molecule has 6 nitrogen and oxygen atoms in total. The number of halogens is 1. The Balaban J connectivity index is 1.77. The fourth-order valence-electron chi connectivity index (χ4n) is 3.41. The number of ether oxygens (including phenoxy) is 1. The van der Waals surface area contributed by atoms with Crippen molar-refractivity contribution in [3.8, 4) is 5.75 Å². The lowest BCUT2D eigenvalue weighted by molar-refractivity contribution is 0.102. The number of carbonyl (C=O) groups is 1. The van der Waals surface area contributed by atoms with Crippen molar-refractivity contribution in [3.63, 3.8) is 0 Å². The molecular weight excluding hydrogens is 547 g/mol. The van der Waals surface area contributed by atoms with E-state index in [1.54, 1.807) is 65.6 Å². The molecule has 1 aliphatic rings. The number of anilines is 1. The highest BCUT2D eigenvalue weighted by molar-refractivity contribution is 14.1. The second-order valence-corrected chi connectivity index (χ2v) is 12.6. The Bertz CT molecular complexity index is 1050. The van der Waals surface area contributed by atoms with Gasteiger partial charge in [-0.05, 0) is 70.5 Å². The molecule has 0 radical (unpaired) electrons. The van der Waals surface area contributed by atoms with Crippen molar-refractivity contribution < 1.29 is 17.9 Å². The molecule has 1 atom stereocenters. The number of sulfonamides is 1. The molecule has 2 aromatic rings. The van der Waals surface area contributed by atoms with E-state index in [2.05, 4.69) is 48.7 Å². The van der Waals surface area contributed by atoms with E-state index < -0.39 is 10.0 Å². The third kappa shape index (κ3) is 5.55. The van der Waals surface area contributed by atoms with E-state index in [9.17, 15) is 13.2 Å². The lowest BCUT2D eigenvalue weighted by Crippen LogP contribution is -2.52. The van der Waals surface area contributed by atoms with Gasteiger partial charge < -0.3 is 10.1 Å². The van der Waals surface area contributed by atoms with E-state index in [0.29, 0.717) is 23.5 Å².